The third-order valence-electron chi connectivity index (χ3n) is 3.50. The zero-order chi connectivity index (χ0) is 14.4. The van der Waals surface area contributed by atoms with Crippen LogP contribution in [0.3, 0.4) is 0 Å². The van der Waals surface area contributed by atoms with Crippen molar-refractivity contribution in [1.82, 2.24) is 14.8 Å². The van der Waals surface area contributed by atoms with E-state index in [0.29, 0.717) is 39.4 Å². The molecule has 0 radical (unpaired) electrons. The van der Waals surface area contributed by atoms with Gasteiger partial charge in [-0.05, 0) is 25.1 Å². The van der Waals surface area contributed by atoms with Gasteiger partial charge in [0.15, 0.2) is 0 Å². The lowest BCUT2D eigenvalue weighted by molar-refractivity contribution is -0.136. The lowest BCUT2D eigenvalue weighted by atomic mass is 10.2. The van der Waals surface area contributed by atoms with Crippen LogP contribution in [0.5, 0.6) is 0 Å². The van der Waals surface area contributed by atoms with Crippen molar-refractivity contribution in [2.45, 2.75) is 19.9 Å². The first kappa shape index (κ1) is 14.9. The number of nitrogens with zero attached hydrogens (tertiary/aromatic N) is 3. The number of aromatic nitrogens is 1. The molecule has 1 aliphatic heterocycles. The van der Waals surface area contributed by atoms with Crippen LogP contribution >= 0.6 is 0 Å². The van der Waals surface area contributed by atoms with Gasteiger partial charge in [0.1, 0.15) is 0 Å². The Morgan fingerprint density at radius 1 is 1.40 bits per heavy atom. The highest BCUT2D eigenvalue weighted by atomic mass is 16.5. The molecule has 1 aliphatic rings. The van der Waals surface area contributed by atoms with Crippen molar-refractivity contribution >= 4 is 5.91 Å². The highest BCUT2D eigenvalue weighted by Gasteiger charge is 2.18. The zero-order valence-electron chi connectivity index (χ0n) is 12.3. The number of carbonyl (C=O) groups is 1. The predicted octanol–water partition coefficient (Wildman–Crippen LogP) is 0.935. The number of rotatable bonds is 5. The standard InChI is InChI=1S/C15H23N3O2/c1-3-13-4-5-14(16-10-13)11-17(2)12-15(19)18-6-8-20-9-7-18/h4-5,10H,3,6-9,11-12H2,1-2H3. The minimum atomic E-state index is 0.168. The van der Waals surface area contributed by atoms with Gasteiger partial charge in [-0.25, -0.2) is 0 Å². The molecule has 0 unspecified atom stereocenters. The summed E-state index contributed by atoms with van der Waals surface area (Å²) in [6.45, 7) is 5.94. The zero-order valence-corrected chi connectivity index (χ0v) is 12.3. The number of hydrogen-bond donors (Lipinski definition) is 0. The fourth-order valence-electron chi connectivity index (χ4n) is 2.23. The van der Waals surface area contributed by atoms with E-state index in [1.54, 1.807) is 0 Å². The Labute approximate surface area is 120 Å². The average Bonchev–Trinajstić information content (AvgIpc) is 2.49. The van der Waals surface area contributed by atoms with Gasteiger partial charge in [0.2, 0.25) is 5.91 Å². The molecule has 5 nitrogen and oxygen atoms in total. The Hall–Kier alpha value is -1.46. The fourth-order valence-corrected chi connectivity index (χ4v) is 2.23. The van der Waals surface area contributed by atoms with Gasteiger partial charge in [-0.3, -0.25) is 14.7 Å². The van der Waals surface area contributed by atoms with Crippen molar-refractivity contribution in [2.75, 3.05) is 39.9 Å². The molecular weight excluding hydrogens is 254 g/mol. The van der Waals surface area contributed by atoms with Gasteiger partial charge < -0.3 is 9.64 Å². The molecule has 0 atom stereocenters. The molecule has 20 heavy (non-hydrogen) atoms. The van der Waals surface area contributed by atoms with E-state index in [1.165, 1.54) is 5.56 Å². The van der Waals surface area contributed by atoms with Crippen LogP contribution in [0.25, 0.3) is 0 Å². The summed E-state index contributed by atoms with van der Waals surface area (Å²) in [4.78, 5) is 20.4. The van der Waals surface area contributed by atoms with E-state index < -0.39 is 0 Å². The van der Waals surface area contributed by atoms with E-state index >= 15 is 0 Å². The first-order valence-electron chi connectivity index (χ1n) is 7.17. The second kappa shape index (κ2) is 7.36. The molecule has 1 aromatic heterocycles. The molecular formula is C15H23N3O2. The Kier molecular flexibility index (Phi) is 5.49. The molecule has 1 fully saturated rings. The van der Waals surface area contributed by atoms with Gasteiger partial charge in [0.05, 0.1) is 25.5 Å². The summed E-state index contributed by atoms with van der Waals surface area (Å²) >= 11 is 0. The Balaban J connectivity index is 1.81. The monoisotopic (exact) mass is 277 g/mol. The molecule has 0 spiro atoms. The van der Waals surface area contributed by atoms with Crippen molar-refractivity contribution in [3.63, 3.8) is 0 Å². The Morgan fingerprint density at radius 2 is 2.15 bits per heavy atom. The number of hydrogen-bond acceptors (Lipinski definition) is 4. The molecule has 5 heteroatoms. The molecule has 2 heterocycles. The van der Waals surface area contributed by atoms with Crippen LogP contribution in [0, 0.1) is 0 Å². The van der Waals surface area contributed by atoms with E-state index in [4.69, 9.17) is 4.74 Å². The summed E-state index contributed by atoms with van der Waals surface area (Å²) in [6.07, 6.45) is 2.91. The van der Waals surface area contributed by atoms with Crippen LogP contribution in [0.1, 0.15) is 18.2 Å². The molecule has 1 amide bonds. The van der Waals surface area contributed by atoms with E-state index in [1.807, 2.05) is 29.1 Å². The number of carbonyl (C=O) groups excluding carboxylic acids is 1. The van der Waals surface area contributed by atoms with Crippen LogP contribution < -0.4 is 0 Å². The van der Waals surface area contributed by atoms with E-state index in [9.17, 15) is 4.79 Å². The number of pyridine rings is 1. The first-order chi connectivity index (χ1) is 9.69. The third kappa shape index (κ3) is 4.28. The van der Waals surface area contributed by atoms with Gasteiger partial charge in [0.25, 0.3) is 0 Å². The second-order valence-corrected chi connectivity index (χ2v) is 5.18. The van der Waals surface area contributed by atoms with E-state index in [-0.39, 0.29) is 5.91 Å². The SMILES string of the molecule is CCc1ccc(CN(C)CC(=O)N2CCOCC2)nc1. The minimum Gasteiger partial charge on any atom is -0.378 e. The highest BCUT2D eigenvalue weighted by molar-refractivity contribution is 5.78. The van der Waals surface area contributed by atoms with Gasteiger partial charge in [0, 0.05) is 25.8 Å². The molecule has 2 rings (SSSR count). The number of aryl methyl sites for hydroxylation is 1. The predicted molar refractivity (Wildman–Crippen MR) is 77.3 cm³/mol. The van der Waals surface area contributed by atoms with Gasteiger partial charge in [-0.1, -0.05) is 13.0 Å². The summed E-state index contributed by atoms with van der Waals surface area (Å²) in [5.74, 6) is 0.168. The molecule has 0 aromatic carbocycles. The van der Waals surface area contributed by atoms with E-state index in [2.05, 4.69) is 18.0 Å². The maximum atomic E-state index is 12.1. The van der Waals surface area contributed by atoms with E-state index in [0.717, 1.165) is 12.1 Å². The summed E-state index contributed by atoms with van der Waals surface area (Å²) in [5, 5.41) is 0. The minimum absolute atomic E-state index is 0.168. The largest absolute Gasteiger partial charge is 0.378 e. The molecule has 0 bridgehead atoms. The number of ether oxygens (including phenoxy) is 1. The summed E-state index contributed by atoms with van der Waals surface area (Å²) in [7, 11) is 1.95. The van der Waals surface area contributed by atoms with Gasteiger partial charge in [-0.15, -0.1) is 0 Å². The summed E-state index contributed by atoms with van der Waals surface area (Å²) < 4.78 is 5.25. The maximum absolute atomic E-state index is 12.1. The number of morpholine rings is 1. The molecule has 0 saturated carbocycles. The Bertz CT molecular complexity index is 427. The number of amides is 1. The summed E-state index contributed by atoms with van der Waals surface area (Å²) in [5.41, 5.74) is 2.24. The summed E-state index contributed by atoms with van der Waals surface area (Å²) in [6, 6.07) is 4.13. The van der Waals surface area contributed by atoms with Crippen molar-refractivity contribution in [3.05, 3.63) is 29.6 Å². The smallest absolute Gasteiger partial charge is 0.236 e. The van der Waals surface area contributed by atoms with Gasteiger partial charge in [-0.2, -0.15) is 0 Å². The molecule has 1 saturated heterocycles. The van der Waals surface area contributed by atoms with Crippen LogP contribution in [0.2, 0.25) is 0 Å². The van der Waals surface area contributed by atoms with Crippen LogP contribution in [0.15, 0.2) is 18.3 Å². The molecule has 0 aliphatic carbocycles. The van der Waals surface area contributed by atoms with Crippen LogP contribution in [-0.2, 0) is 22.5 Å². The third-order valence-corrected chi connectivity index (χ3v) is 3.50. The lowest BCUT2D eigenvalue weighted by Crippen LogP contribution is -2.44. The first-order valence-corrected chi connectivity index (χ1v) is 7.17. The van der Waals surface area contributed by atoms with Crippen molar-refractivity contribution in [3.8, 4) is 0 Å². The quantitative estimate of drug-likeness (QED) is 0.803. The van der Waals surface area contributed by atoms with Crippen LogP contribution in [0.4, 0.5) is 0 Å². The number of likely N-dealkylation sites (N-methyl/N-ethyl adjacent to an activating group) is 1. The average molecular weight is 277 g/mol. The molecule has 110 valence electrons. The normalized spacial score (nSPS) is 15.7. The van der Waals surface area contributed by atoms with Crippen molar-refractivity contribution < 1.29 is 9.53 Å². The molecule has 0 N–H and O–H groups in total. The lowest BCUT2D eigenvalue weighted by Gasteiger charge is -2.28. The fraction of sp³-hybridized carbons (Fsp3) is 0.600. The van der Waals surface area contributed by atoms with Crippen molar-refractivity contribution in [2.24, 2.45) is 0 Å². The van der Waals surface area contributed by atoms with Crippen LogP contribution in [-0.4, -0.2) is 60.6 Å². The van der Waals surface area contributed by atoms with Gasteiger partial charge >= 0.3 is 0 Å². The molecule has 1 aromatic rings. The maximum Gasteiger partial charge on any atom is 0.236 e. The topological polar surface area (TPSA) is 45.7 Å². The Morgan fingerprint density at radius 3 is 2.75 bits per heavy atom. The highest BCUT2D eigenvalue weighted by Crippen LogP contribution is 2.05. The second-order valence-electron chi connectivity index (χ2n) is 5.18. The van der Waals surface area contributed by atoms with Crippen molar-refractivity contribution in [1.29, 1.82) is 0 Å².